The summed E-state index contributed by atoms with van der Waals surface area (Å²) in [5.41, 5.74) is 0.564. The Kier molecular flexibility index (Phi) is 3.05. The maximum atomic E-state index is 11.5. The van der Waals surface area contributed by atoms with Gasteiger partial charge in [0, 0.05) is 13.0 Å². The first-order valence-corrected chi connectivity index (χ1v) is 5.52. The lowest BCUT2D eigenvalue weighted by Gasteiger charge is -2.16. The number of halogens is 3. The summed E-state index contributed by atoms with van der Waals surface area (Å²) in [6.07, 6.45) is 1.82. The van der Waals surface area contributed by atoms with Crippen LogP contribution < -0.4 is 4.90 Å². The molecule has 0 bridgehead atoms. The third-order valence-corrected chi connectivity index (χ3v) is 2.97. The Morgan fingerprint density at radius 2 is 2.20 bits per heavy atom. The maximum absolute atomic E-state index is 11.5. The molecule has 3 nitrogen and oxygen atoms in total. The normalized spacial score (nSPS) is 21.1. The van der Waals surface area contributed by atoms with Crippen molar-refractivity contribution < 1.29 is 4.79 Å². The highest BCUT2D eigenvalue weighted by atomic mass is 35.5. The summed E-state index contributed by atoms with van der Waals surface area (Å²) < 4.78 is 0. The molecule has 1 aliphatic rings. The molecule has 0 aromatic carbocycles. The molecule has 1 aliphatic heterocycles. The molecular weight excluding hydrogens is 258 g/mol. The number of carbonyl (C=O) groups excluding carboxylic acids is 1. The van der Waals surface area contributed by atoms with Crippen LogP contribution in [0.1, 0.15) is 6.42 Å². The Bertz CT molecular complexity index is 410. The van der Waals surface area contributed by atoms with Crippen molar-refractivity contribution in [3.05, 3.63) is 22.4 Å². The molecular formula is C9H7Cl3N2O. The number of carbonyl (C=O) groups is 1. The van der Waals surface area contributed by atoms with E-state index in [4.69, 9.17) is 34.8 Å². The molecule has 1 unspecified atom stereocenters. The maximum Gasteiger partial charge on any atom is 0.228 e. The van der Waals surface area contributed by atoms with Crippen LogP contribution in [0.3, 0.4) is 0 Å². The van der Waals surface area contributed by atoms with Crippen LogP contribution in [0.4, 0.5) is 5.69 Å². The van der Waals surface area contributed by atoms with Crippen molar-refractivity contribution >= 4 is 46.4 Å². The van der Waals surface area contributed by atoms with Gasteiger partial charge in [0.15, 0.2) is 0 Å². The van der Waals surface area contributed by atoms with E-state index in [0.717, 1.165) is 0 Å². The number of alkyl halides is 1. The lowest BCUT2D eigenvalue weighted by Crippen LogP contribution is -2.25. The number of rotatable bonds is 1. The van der Waals surface area contributed by atoms with Gasteiger partial charge in [-0.25, -0.2) is 4.98 Å². The third-order valence-electron chi connectivity index (χ3n) is 2.17. The van der Waals surface area contributed by atoms with Crippen LogP contribution in [0.2, 0.25) is 10.2 Å². The van der Waals surface area contributed by atoms with Gasteiger partial charge in [-0.15, -0.1) is 11.6 Å². The Morgan fingerprint density at radius 3 is 2.73 bits per heavy atom. The molecule has 2 rings (SSSR count). The van der Waals surface area contributed by atoms with Gasteiger partial charge in [0.05, 0.1) is 22.3 Å². The predicted octanol–water partition coefficient (Wildman–Crippen LogP) is 2.73. The van der Waals surface area contributed by atoms with Crippen LogP contribution >= 0.6 is 34.8 Å². The summed E-state index contributed by atoms with van der Waals surface area (Å²) in [5.74, 6) is -0.0407. The molecule has 2 heterocycles. The molecule has 80 valence electrons. The number of anilines is 1. The Balaban J connectivity index is 2.34. The average Bonchev–Trinajstić information content (AvgIpc) is 2.45. The van der Waals surface area contributed by atoms with E-state index >= 15 is 0 Å². The largest absolute Gasteiger partial charge is 0.308 e. The fraction of sp³-hybridized carbons (Fsp3) is 0.333. The lowest BCUT2D eigenvalue weighted by atomic mass is 10.4. The van der Waals surface area contributed by atoms with E-state index in [0.29, 0.717) is 28.8 Å². The zero-order chi connectivity index (χ0) is 11.0. The van der Waals surface area contributed by atoms with Crippen LogP contribution in [0.25, 0.3) is 0 Å². The Hall–Kier alpha value is -0.510. The van der Waals surface area contributed by atoms with Gasteiger partial charge in [0.1, 0.15) is 5.15 Å². The molecule has 1 saturated heterocycles. The second kappa shape index (κ2) is 4.16. The Labute approximate surface area is 102 Å². The van der Waals surface area contributed by atoms with Crippen molar-refractivity contribution in [2.24, 2.45) is 0 Å². The zero-order valence-electron chi connectivity index (χ0n) is 7.58. The molecule has 1 aromatic heterocycles. The molecule has 1 fully saturated rings. The molecule has 0 aliphatic carbocycles. The standard InChI is InChI=1S/C9H7Cl3N2O/c10-5-1-9(15)14(4-5)7-3-13-8(12)2-6(7)11/h2-3,5H,1,4H2. The van der Waals surface area contributed by atoms with Crippen LogP contribution in [-0.2, 0) is 4.79 Å². The van der Waals surface area contributed by atoms with Crippen molar-refractivity contribution in [3.63, 3.8) is 0 Å². The average molecular weight is 266 g/mol. The number of pyridine rings is 1. The van der Waals surface area contributed by atoms with E-state index < -0.39 is 0 Å². The molecule has 1 aromatic rings. The molecule has 6 heteroatoms. The summed E-state index contributed by atoms with van der Waals surface area (Å²) in [6.45, 7) is 0.462. The minimum absolute atomic E-state index is 0.0407. The number of nitrogens with zero attached hydrogens (tertiary/aromatic N) is 2. The van der Waals surface area contributed by atoms with E-state index in [1.54, 1.807) is 0 Å². The summed E-state index contributed by atoms with van der Waals surface area (Å²) in [7, 11) is 0. The van der Waals surface area contributed by atoms with Gasteiger partial charge < -0.3 is 4.90 Å². The summed E-state index contributed by atoms with van der Waals surface area (Å²) in [5, 5.41) is 0.552. The van der Waals surface area contributed by atoms with E-state index in [1.807, 2.05) is 0 Å². The molecule has 15 heavy (non-hydrogen) atoms. The van der Waals surface area contributed by atoms with Gasteiger partial charge in [-0.1, -0.05) is 23.2 Å². The molecule has 1 atom stereocenters. The fourth-order valence-corrected chi connectivity index (χ4v) is 2.23. The monoisotopic (exact) mass is 264 g/mol. The SMILES string of the molecule is O=C1CC(Cl)CN1c1cnc(Cl)cc1Cl. The number of amides is 1. The third kappa shape index (κ3) is 2.19. The van der Waals surface area contributed by atoms with Crippen molar-refractivity contribution in [1.29, 1.82) is 0 Å². The molecule has 0 saturated carbocycles. The van der Waals surface area contributed by atoms with Gasteiger partial charge in [0.25, 0.3) is 0 Å². The molecule has 0 spiro atoms. The number of aromatic nitrogens is 1. The van der Waals surface area contributed by atoms with Gasteiger partial charge in [0.2, 0.25) is 5.91 Å². The summed E-state index contributed by atoms with van der Waals surface area (Å²) >= 11 is 17.5. The topological polar surface area (TPSA) is 33.2 Å². The van der Waals surface area contributed by atoms with E-state index in [-0.39, 0.29) is 11.3 Å². The first kappa shape index (κ1) is 11.0. The first-order chi connectivity index (χ1) is 7.08. The molecule has 0 radical (unpaired) electrons. The first-order valence-electron chi connectivity index (χ1n) is 4.33. The summed E-state index contributed by atoms with van der Waals surface area (Å²) in [4.78, 5) is 17.0. The van der Waals surface area contributed by atoms with Gasteiger partial charge in [-0.3, -0.25) is 4.79 Å². The number of hydrogen-bond donors (Lipinski definition) is 0. The van der Waals surface area contributed by atoms with Crippen LogP contribution in [0, 0.1) is 0 Å². The Morgan fingerprint density at radius 1 is 1.47 bits per heavy atom. The highest BCUT2D eigenvalue weighted by Crippen LogP contribution is 2.31. The summed E-state index contributed by atoms with van der Waals surface area (Å²) in [6, 6.07) is 1.51. The van der Waals surface area contributed by atoms with Crippen molar-refractivity contribution in [2.45, 2.75) is 11.8 Å². The minimum atomic E-state index is -0.163. The lowest BCUT2D eigenvalue weighted by molar-refractivity contribution is -0.117. The zero-order valence-corrected chi connectivity index (χ0v) is 9.85. The van der Waals surface area contributed by atoms with Crippen LogP contribution in [0.15, 0.2) is 12.3 Å². The van der Waals surface area contributed by atoms with E-state index in [9.17, 15) is 4.79 Å². The van der Waals surface area contributed by atoms with Gasteiger partial charge in [-0.2, -0.15) is 0 Å². The smallest absolute Gasteiger partial charge is 0.228 e. The van der Waals surface area contributed by atoms with Crippen molar-refractivity contribution in [3.8, 4) is 0 Å². The molecule has 1 amide bonds. The van der Waals surface area contributed by atoms with Crippen molar-refractivity contribution in [1.82, 2.24) is 4.98 Å². The quantitative estimate of drug-likeness (QED) is 0.578. The fourth-order valence-electron chi connectivity index (χ4n) is 1.50. The van der Waals surface area contributed by atoms with Gasteiger partial charge >= 0.3 is 0 Å². The second-order valence-electron chi connectivity index (χ2n) is 3.26. The number of hydrogen-bond acceptors (Lipinski definition) is 2. The van der Waals surface area contributed by atoms with Crippen LogP contribution in [-0.4, -0.2) is 22.8 Å². The second-order valence-corrected chi connectivity index (χ2v) is 4.68. The van der Waals surface area contributed by atoms with Gasteiger partial charge in [-0.05, 0) is 6.07 Å². The van der Waals surface area contributed by atoms with E-state index in [2.05, 4.69) is 4.98 Å². The molecule has 0 N–H and O–H groups in total. The minimum Gasteiger partial charge on any atom is -0.308 e. The van der Waals surface area contributed by atoms with E-state index in [1.165, 1.54) is 17.2 Å². The highest BCUT2D eigenvalue weighted by molar-refractivity contribution is 6.36. The predicted molar refractivity (Wildman–Crippen MR) is 60.9 cm³/mol. The van der Waals surface area contributed by atoms with Crippen molar-refractivity contribution in [2.75, 3.05) is 11.4 Å². The van der Waals surface area contributed by atoms with Crippen LogP contribution in [0.5, 0.6) is 0 Å². The highest BCUT2D eigenvalue weighted by Gasteiger charge is 2.30.